The van der Waals surface area contributed by atoms with Crippen LogP contribution >= 0.6 is 11.6 Å². The van der Waals surface area contributed by atoms with Gasteiger partial charge in [-0.3, -0.25) is 0 Å². The third kappa shape index (κ3) is 2.33. The highest BCUT2D eigenvalue weighted by Gasteiger charge is 2.51. The van der Waals surface area contributed by atoms with Gasteiger partial charge in [0.1, 0.15) is 5.15 Å². The Morgan fingerprint density at radius 2 is 1.78 bits per heavy atom. The highest BCUT2D eigenvalue weighted by atomic mass is 35.5. The van der Waals surface area contributed by atoms with Crippen molar-refractivity contribution in [3.8, 4) is 0 Å². The molecule has 0 atom stereocenters. The van der Waals surface area contributed by atoms with Gasteiger partial charge < -0.3 is 9.31 Å². The van der Waals surface area contributed by atoms with Gasteiger partial charge in [-0.2, -0.15) is 0 Å². The first-order valence-corrected chi connectivity index (χ1v) is 6.28. The lowest BCUT2D eigenvalue weighted by Crippen LogP contribution is -2.41. The minimum atomic E-state index is -0.422. The molecule has 0 bridgehead atoms. The second-order valence-electron chi connectivity index (χ2n) is 5.44. The Labute approximate surface area is 113 Å². The molecule has 1 aromatic rings. The molecular formula is C13H17BClNO2. The van der Waals surface area contributed by atoms with Crippen LogP contribution in [0, 0.1) is 0 Å². The second kappa shape index (κ2) is 4.37. The molecule has 2 rings (SSSR count). The highest BCUT2D eigenvalue weighted by Crippen LogP contribution is 2.36. The van der Waals surface area contributed by atoms with Crippen LogP contribution in [-0.2, 0) is 9.31 Å². The Kier molecular flexibility index (Phi) is 3.30. The maximum absolute atomic E-state index is 5.98. The molecule has 2 heterocycles. The van der Waals surface area contributed by atoms with Crippen LogP contribution in [0.4, 0.5) is 0 Å². The standard InChI is InChI=1S/C13H17BClNO2/c1-6-10-7-9(8-11(15)16-10)14-17-12(2,3)13(4,5)18-14/h6-8H,1H2,2-5H3. The Bertz CT molecular complexity index is 472. The predicted octanol–water partition coefficient (Wildman–Crippen LogP) is 2.68. The number of halogens is 1. The normalized spacial score (nSPS) is 21.1. The molecule has 0 saturated carbocycles. The molecule has 5 heteroatoms. The zero-order valence-electron chi connectivity index (χ0n) is 11.2. The van der Waals surface area contributed by atoms with Crippen molar-refractivity contribution in [3.63, 3.8) is 0 Å². The molecule has 0 radical (unpaired) electrons. The number of aromatic nitrogens is 1. The average molecular weight is 266 g/mol. The van der Waals surface area contributed by atoms with E-state index >= 15 is 0 Å². The van der Waals surface area contributed by atoms with Crippen molar-refractivity contribution in [2.24, 2.45) is 0 Å². The van der Waals surface area contributed by atoms with Gasteiger partial charge in [-0.15, -0.1) is 0 Å². The summed E-state index contributed by atoms with van der Waals surface area (Å²) in [6.45, 7) is 11.8. The Morgan fingerprint density at radius 1 is 1.22 bits per heavy atom. The van der Waals surface area contributed by atoms with Crippen molar-refractivity contribution < 1.29 is 9.31 Å². The fourth-order valence-corrected chi connectivity index (χ4v) is 1.98. The van der Waals surface area contributed by atoms with E-state index in [1.807, 2.05) is 33.8 Å². The van der Waals surface area contributed by atoms with Crippen molar-refractivity contribution >= 4 is 30.3 Å². The summed E-state index contributed by atoms with van der Waals surface area (Å²) in [5, 5.41) is 0.414. The van der Waals surface area contributed by atoms with Crippen molar-refractivity contribution in [1.29, 1.82) is 0 Å². The Morgan fingerprint density at radius 3 is 2.28 bits per heavy atom. The molecule has 0 aromatic carbocycles. The van der Waals surface area contributed by atoms with Gasteiger partial charge in [0, 0.05) is 0 Å². The van der Waals surface area contributed by atoms with Crippen LogP contribution in [0.2, 0.25) is 5.15 Å². The van der Waals surface area contributed by atoms with Crippen LogP contribution in [0.15, 0.2) is 18.7 Å². The molecule has 1 fully saturated rings. The quantitative estimate of drug-likeness (QED) is 0.608. The van der Waals surface area contributed by atoms with E-state index in [0.29, 0.717) is 10.8 Å². The maximum Gasteiger partial charge on any atom is 0.495 e. The van der Waals surface area contributed by atoms with Crippen LogP contribution in [-0.4, -0.2) is 23.3 Å². The van der Waals surface area contributed by atoms with Gasteiger partial charge in [-0.25, -0.2) is 4.98 Å². The Hall–Kier alpha value is -0.835. The van der Waals surface area contributed by atoms with Crippen molar-refractivity contribution in [3.05, 3.63) is 29.6 Å². The van der Waals surface area contributed by atoms with Gasteiger partial charge in [0.05, 0.1) is 16.9 Å². The third-order valence-electron chi connectivity index (χ3n) is 3.57. The molecule has 0 unspecified atom stereocenters. The maximum atomic E-state index is 5.98. The number of nitrogens with zero attached hydrogens (tertiary/aromatic N) is 1. The van der Waals surface area contributed by atoms with Gasteiger partial charge in [0.25, 0.3) is 0 Å². The van der Waals surface area contributed by atoms with Crippen molar-refractivity contribution in [2.45, 2.75) is 38.9 Å². The van der Waals surface area contributed by atoms with E-state index in [0.717, 1.165) is 5.46 Å². The summed E-state index contributed by atoms with van der Waals surface area (Å²) in [4.78, 5) is 4.13. The van der Waals surface area contributed by atoms with E-state index in [-0.39, 0.29) is 11.2 Å². The monoisotopic (exact) mass is 265 g/mol. The minimum absolute atomic E-state index is 0.359. The van der Waals surface area contributed by atoms with Crippen LogP contribution in [0.25, 0.3) is 6.08 Å². The summed E-state index contributed by atoms with van der Waals surface area (Å²) in [7, 11) is -0.422. The topological polar surface area (TPSA) is 31.4 Å². The van der Waals surface area contributed by atoms with Gasteiger partial charge >= 0.3 is 7.12 Å². The summed E-state index contributed by atoms with van der Waals surface area (Å²) in [5.41, 5.74) is 0.861. The third-order valence-corrected chi connectivity index (χ3v) is 3.76. The zero-order valence-corrected chi connectivity index (χ0v) is 11.9. The van der Waals surface area contributed by atoms with Crippen LogP contribution in [0.3, 0.4) is 0 Å². The van der Waals surface area contributed by atoms with E-state index in [9.17, 15) is 0 Å². The fraction of sp³-hybridized carbons (Fsp3) is 0.462. The summed E-state index contributed by atoms with van der Waals surface area (Å²) < 4.78 is 11.9. The van der Waals surface area contributed by atoms with Gasteiger partial charge in [0.2, 0.25) is 0 Å². The minimum Gasteiger partial charge on any atom is -0.399 e. The lowest BCUT2D eigenvalue weighted by Gasteiger charge is -2.32. The number of pyridine rings is 1. The average Bonchev–Trinajstić information content (AvgIpc) is 2.47. The molecule has 96 valence electrons. The van der Waals surface area contributed by atoms with Gasteiger partial charge in [-0.1, -0.05) is 18.2 Å². The largest absolute Gasteiger partial charge is 0.495 e. The van der Waals surface area contributed by atoms with Gasteiger partial charge in [0.15, 0.2) is 0 Å². The molecule has 0 spiro atoms. The molecule has 0 aliphatic carbocycles. The summed E-state index contributed by atoms with van der Waals surface area (Å²) in [6.07, 6.45) is 1.65. The highest BCUT2D eigenvalue weighted by molar-refractivity contribution is 6.62. The van der Waals surface area contributed by atoms with E-state index in [4.69, 9.17) is 20.9 Å². The first-order valence-electron chi connectivity index (χ1n) is 5.91. The van der Waals surface area contributed by atoms with Crippen LogP contribution in [0.5, 0.6) is 0 Å². The number of hydrogen-bond donors (Lipinski definition) is 0. The predicted molar refractivity (Wildman–Crippen MR) is 75.1 cm³/mol. The van der Waals surface area contributed by atoms with Crippen molar-refractivity contribution in [1.82, 2.24) is 4.98 Å². The van der Waals surface area contributed by atoms with E-state index in [1.54, 1.807) is 12.1 Å². The molecule has 0 amide bonds. The number of hydrogen-bond acceptors (Lipinski definition) is 3. The van der Waals surface area contributed by atoms with Crippen molar-refractivity contribution in [2.75, 3.05) is 0 Å². The van der Waals surface area contributed by atoms with Gasteiger partial charge in [-0.05, 0) is 51.4 Å². The first kappa shape index (κ1) is 13.6. The summed E-state index contributed by atoms with van der Waals surface area (Å²) in [6, 6.07) is 3.64. The van der Waals surface area contributed by atoms with Crippen LogP contribution < -0.4 is 5.46 Å². The molecule has 3 nitrogen and oxygen atoms in total. The number of rotatable bonds is 2. The fourth-order valence-electron chi connectivity index (χ4n) is 1.76. The lowest BCUT2D eigenvalue weighted by molar-refractivity contribution is 0.00578. The first-order chi connectivity index (χ1) is 8.25. The SMILES string of the molecule is C=Cc1cc(B2OC(C)(C)C(C)(C)O2)cc(Cl)n1. The molecule has 18 heavy (non-hydrogen) atoms. The van der Waals surface area contributed by atoms with E-state index in [1.165, 1.54) is 0 Å². The zero-order chi connectivity index (χ0) is 13.6. The lowest BCUT2D eigenvalue weighted by atomic mass is 9.79. The van der Waals surface area contributed by atoms with Crippen LogP contribution in [0.1, 0.15) is 33.4 Å². The second-order valence-corrected chi connectivity index (χ2v) is 5.83. The van der Waals surface area contributed by atoms with E-state index in [2.05, 4.69) is 11.6 Å². The molecule has 0 N–H and O–H groups in total. The molecule has 1 aliphatic heterocycles. The molecule has 1 aliphatic rings. The smallest absolute Gasteiger partial charge is 0.399 e. The molecule has 1 saturated heterocycles. The molecule has 1 aromatic heterocycles. The van der Waals surface area contributed by atoms with E-state index < -0.39 is 7.12 Å². The molecular weight excluding hydrogens is 248 g/mol. The summed E-state index contributed by atoms with van der Waals surface area (Å²) in [5.74, 6) is 0. The Balaban J connectivity index is 2.35. The summed E-state index contributed by atoms with van der Waals surface area (Å²) >= 11 is 5.98.